The van der Waals surface area contributed by atoms with E-state index < -0.39 is 22.3 Å². The van der Waals surface area contributed by atoms with Crippen LogP contribution in [-0.2, 0) is 30.7 Å². The van der Waals surface area contributed by atoms with Crippen LogP contribution in [0.15, 0.2) is 71.8 Å². The van der Waals surface area contributed by atoms with Crippen molar-refractivity contribution < 1.29 is 16.8 Å². The third kappa shape index (κ3) is 4.17. The molecule has 2 aromatic heterocycles. The first-order valence-corrected chi connectivity index (χ1v) is 11.0. The second kappa shape index (κ2) is 8.84. The monoisotopic (exact) mass is 442 g/mol. The third-order valence-electron chi connectivity index (χ3n) is 4.37. The van der Waals surface area contributed by atoms with Crippen LogP contribution in [-0.4, -0.2) is 37.2 Å². The first-order chi connectivity index (χ1) is 14.6. The molecule has 0 aliphatic rings. The SMILES string of the molecule is COS(=O)Nc1cccc(-c2ccc3ncc(-c4ccc(S(=O)OC)cc4)n3n2)c1. The highest BCUT2D eigenvalue weighted by Gasteiger charge is 2.11. The summed E-state index contributed by atoms with van der Waals surface area (Å²) >= 11 is -3.09. The molecule has 1 N–H and O–H groups in total. The fraction of sp³-hybridized carbons (Fsp3) is 0.100. The summed E-state index contributed by atoms with van der Waals surface area (Å²) in [6.45, 7) is 0. The number of hydrogen-bond donors (Lipinski definition) is 1. The van der Waals surface area contributed by atoms with Crippen molar-refractivity contribution in [3.8, 4) is 22.5 Å². The van der Waals surface area contributed by atoms with E-state index in [4.69, 9.17) is 13.5 Å². The quantitative estimate of drug-likeness (QED) is 0.472. The Bertz CT molecular complexity index is 1240. The van der Waals surface area contributed by atoms with Gasteiger partial charge in [-0.3, -0.25) is 13.1 Å². The van der Waals surface area contributed by atoms with Gasteiger partial charge in [0, 0.05) is 16.8 Å². The number of imidazole rings is 1. The van der Waals surface area contributed by atoms with Gasteiger partial charge in [-0.05, 0) is 36.4 Å². The van der Waals surface area contributed by atoms with E-state index >= 15 is 0 Å². The van der Waals surface area contributed by atoms with Gasteiger partial charge in [0.25, 0.3) is 11.3 Å². The Kier molecular flexibility index (Phi) is 6.00. The van der Waals surface area contributed by atoms with Crippen molar-refractivity contribution in [1.82, 2.24) is 14.6 Å². The maximum absolute atomic E-state index is 11.8. The van der Waals surface area contributed by atoms with E-state index in [2.05, 4.69) is 9.71 Å². The van der Waals surface area contributed by atoms with E-state index in [9.17, 15) is 8.42 Å². The van der Waals surface area contributed by atoms with Gasteiger partial charge < -0.3 is 0 Å². The number of hydrogen-bond acceptors (Lipinski definition) is 6. The van der Waals surface area contributed by atoms with E-state index in [1.54, 1.807) is 28.9 Å². The van der Waals surface area contributed by atoms with E-state index in [-0.39, 0.29) is 0 Å². The number of fused-ring (bicyclic) bond motifs is 1. The van der Waals surface area contributed by atoms with Crippen molar-refractivity contribution in [3.63, 3.8) is 0 Å². The smallest absolute Gasteiger partial charge is 0.261 e. The van der Waals surface area contributed by atoms with Crippen molar-refractivity contribution >= 4 is 33.7 Å². The van der Waals surface area contributed by atoms with Crippen LogP contribution in [0.3, 0.4) is 0 Å². The zero-order valence-corrected chi connectivity index (χ0v) is 17.8. The molecule has 4 rings (SSSR count). The van der Waals surface area contributed by atoms with Crippen LogP contribution >= 0.6 is 0 Å². The van der Waals surface area contributed by atoms with Crippen LogP contribution in [0.1, 0.15) is 0 Å². The molecule has 0 bridgehead atoms. The fourth-order valence-electron chi connectivity index (χ4n) is 2.94. The Morgan fingerprint density at radius 1 is 0.933 bits per heavy atom. The molecule has 2 atom stereocenters. The summed E-state index contributed by atoms with van der Waals surface area (Å²) in [5.41, 5.74) is 4.62. The minimum Gasteiger partial charge on any atom is -0.290 e. The minimum absolute atomic E-state index is 0.585. The second-order valence-electron chi connectivity index (χ2n) is 6.14. The van der Waals surface area contributed by atoms with Crippen LogP contribution in [0.5, 0.6) is 0 Å². The van der Waals surface area contributed by atoms with E-state index in [0.29, 0.717) is 16.2 Å². The summed E-state index contributed by atoms with van der Waals surface area (Å²) in [7, 11) is 2.76. The number of anilines is 1. The van der Waals surface area contributed by atoms with Gasteiger partial charge in [-0.15, -0.1) is 0 Å². The molecule has 0 aliphatic heterocycles. The Balaban J connectivity index is 1.71. The topological polar surface area (TPSA) is 94.8 Å². The lowest BCUT2D eigenvalue weighted by Gasteiger charge is -2.08. The Morgan fingerprint density at radius 3 is 2.47 bits per heavy atom. The number of nitrogens with one attached hydrogen (secondary N) is 1. The van der Waals surface area contributed by atoms with E-state index in [0.717, 1.165) is 22.5 Å². The van der Waals surface area contributed by atoms with E-state index in [1.165, 1.54) is 14.2 Å². The normalized spacial score (nSPS) is 13.3. The predicted molar refractivity (Wildman–Crippen MR) is 116 cm³/mol. The largest absolute Gasteiger partial charge is 0.290 e. The van der Waals surface area contributed by atoms with Gasteiger partial charge >= 0.3 is 0 Å². The van der Waals surface area contributed by atoms with Gasteiger partial charge in [-0.1, -0.05) is 24.3 Å². The molecule has 0 radical (unpaired) electrons. The van der Waals surface area contributed by atoms with Gasteiger partial charge in [0.1, 0.15) is 0 Å². The van der Waals surface area contributed by atoms with Crippen molar-refractivity contribution in [1.29, 1.82) is 0 Å². The molecule has 2 aromatic carbocycles. The number of aromatic nitrogens is 3. The predicted octanol–water partition coefficient (Wildman–Crippen LogP) is 3.37. The Morgan fingerprint density at radius 2 is 1.73 bits per heavy atom. The van der Waals surface area contributed by atoms with Gasteiger partial charge in [0.15, 0.2) is 16.7 Å². The molecule has 154 valence electrons. The summed E-state index contributed by atoms with van der Waals surface area (Å²) in [6.07, 6.45) is 1.74. The zero-order chi connectivity index (χ0) is 21.1. The molecule has 10 heteroatoms. The van der Waals surface area contributed by atoms with Crippen molar-refractivity contribution in [2.45, 2.75) is 4.90 Å². The Labute approximate surface area is 178 Å². The zero-order valence-electron chi connectivity index (χ0n) is 16.1. The molecular formula is C20H18N4O4S2. The molecule has 8 nitrogen and oxygen atoms in total. The summed E-state index contributed by atoms with van der Waals surface area (Å²) in [5.74, 6) is 0. The van der Waals surface area contributed by atoms with Crippen molar-refractivity contribution in [2.24, 2.45) is 0 Å². The lowest BCUT2D eigenvalue weighted by Crippen LogP contribution is -2.05. The standard InChI is InChI=1S/C20H18N4O4S2/c1-27-29(25)17-8-6-14(7-9-17)19-13-21-20-11-10-18(22-24(19)20)15-4-3-5-16(12-15)23-30(26)28-2/h3-13,23H,1-2H3. The number of nitrogens with zero attached hydrogens (tertiary/aromatic N) is 3. The summed E-state index contributed by atoms with van der Waals surface area (Å²) < 4.78 is 37.5. The first-order valence-electron chi connectivity index (χ1n) is 8.84. The molecule has 30 heavy (non-hydrogen) atoms. The summed E-state index contributed by atoms with van der Waals surface area (Å²) in [5, 5.41) is 4.73. The summed E-state index contributed by atoms with van der Waals surface area (Å²) in [4.78, 5) is 5.00. The highest BCUT2D eigenvalue weighted by Crippen LogP contribution is 2.25. The van der Waals surface area contributed by atoms with Crippen molar-refractivity contribution in [3.05, 3.63) is 66.9 Å². The van der Waals surface area contributed by atoms with Gasteiger partial charge in [-0.2, -0.15) is 5.10 Å². The van der Waals surface area contributed by atoms with Crippen LogP contribution in [0.25, 0.3) is 28.2 Å². The maximum Gasteiger partial charge on any atom is 0.261 e. The van der Waals surface area contributed by atoms with Gasteiger partial charge in [0.2, 0.25) is 0 Å². The second-order valence-corrected chi connectivity index (χ2v) is 8.42. The van der Waals surface area contributed by atoms with Crippen LogP contribution in [0.2, 0.25) is 0 Å². The Hall–Kier alpha value is -2.92. The van der Waals surface area contributed by atoms with Gasteiger partial charge in [-0.25, -0.2) is 17.9 Å². The first kappa shape index (κ1) is 20.4. The van der Waals surface area contributed by atoms with Crippen LogP contribution < -0.4 is 4.72 Å². The van der Waals surface area contributed by atoms with Crippen LogP contribution in [0.4, 0.5) is 5.69 Å². The molecule has 0 saturated heterocycles. The van der Waals surface area contributed by atoms with Gasteiger partial charge in [0.05, 0.1) is 36.7 Å². The summed E-state index contributed by atoms with van der Waals surface area (Å²) in [6, 6.07) is 18.4. The molecule has 0 amide bonds. The fourth-order valence-corrected chi connectivity index (χ4v) is 3.89. The lowest BCUT2D eigenvalue weighted by molar-refractivity contribution is 0.445. The number of rotatable bonds is 7. The molecule has 2 unspecified atom stereocenters. The molecule has 2 heterocycles. The molecule has 0 aliphatic carbocycles. The maximum atomic E-state index is 11.8. The van der Waals surface area contributed by atoms with Crippen molar-refractivity contribution in [2.75, 3.05) is 18.9 Å². The average molecular weight is 443 g/mol. The molecule has 0 saturated carbocycles. The van der Waals surface area contributed by atoms with E-state index in [1.807, 2.05) is 42.5 Å². The highest BCUT2D eigenvalue weighted by molar-refractivity contribution is 7.81. The molecule has 4 aromatic rings. The lowest BCUT2D eigenvalue weighted by atomic mass is 10.1. The minimum atomic E-state index is -1.61. The molecule has 0 spiro atoms. The highest BCUT2D eigenvalue weighted by atomic mass is 32.2. The van der Waals surface area contributed by atoms with Crippen LogP contribution in [0, 0.1) is 0 Å². The number of benzene rings is 2. The molecular weight excluding hydrogens is 424 g/mol. The average Bonchev–Trinajstić information content (AvgIpc) is 3.22. The molecule has 0 fully saturated rings. The third-order valence-corrected chi connectivity index (χ3v) is 6.03.